The summed E-state index contributed by atoms with van der Waals surface area (Å²) in [6.45, 7) is 1.94. The van der Waals surface area contributed by atoms with Crippen LogP contribution in [-0.4, -0.2) is 12.6 Å². The van der Waals surface area contributed by atoms with Gasteiger partial charge in [0.2, 0.25) is 0 Å². The van der Waals surface area contributed by atoms with Crippen molar-refractivity contribution in [3.8, 4) is 0 Å². The second kappa shape index (κ2) is 5.85. The van der Waals surface area contributed by atoms with E-state index < -0.39 is 5.97 Å². The van der Waals surface area contributed by atoms with E-state index in [0.29, 0.717) is 0 Å². The molecule has 1 heterocycles. The Balaban J connectivity index is 2.92. The van der Waals surface area contributed by atoms with Gasteiger partial charge in [-0.25, -0.2) is 4.79 Å². The fourth-order valence-corrected chi connectivity index (χ4v) is 1.51. The molecular formula is C9H9N3O2S. The van der Waals surface area contributed by atoms with Crippen LogP contribution in [0.3, 0.4) is 0 Å². The first-order valence-corrected chi connectivity index (χ1v) is 5.18. The highest BCUT2D eigenvalue weighted by atomic mass is 32.1. The Bertz CT molecular complexity index is 405. The molecule has 0 amide bonds. The van der Waals surface area contributed by atoms with E-state index in [1.54, 1.807) is 6.92 Å². The number of azide groups is 1. The van der Waals surface area contributed by atoms with Crippen molar-refractivity contribution in [3.63, 3.8) is 0 Å². The van der Waals surface area contributed by atoms with E-state index in [4.69, 9.17) is 10.3 Å². The first kappa shape index (κ1) is 11.3. The number of hydrogen-bond acceptors (Lipinski definition) is 4. The van der Waals surface area contributed by atoms with Gasteiger partial charge in [0, 0.05) is 4.91 Å². The molecular weight excluding hydrogens is 214 g/mol. The lowest BCUT2D eigenvalue weighted by atomic mass is 10.3. The number of carbonyl (C=O) groups is 1. The number of ether oxygens (including phenoxy) is 1. The summed E-state index contributed by atoms with van der Waals surface area (Å²) in [5.41, 5.74) is 9.08. The second-order valence-electron chi connectivity index (χ2n) is 2.50. The van der Waals surface area contributed by atoms with Gasteiger partial charge in [-0.05, 0) is 40.9 Å². The van der Waals surface area contributed by atoms with Crippen LogP contribution in [0.2, 0.25) is 0 Å². The molecule has 0 aromatic carbocycles. The molecule has 78 valence electrons. The van der Waals surface area contributed by atoms with Gasteiger partial charge < -0.3 is 4.74 Å². The molecule has 1 rings (SSSR count). The Hall–Kier alpha value is -1.78. The molecule has 0 aliphatic heterocycles. The van der Waals surface area contributed by atoms with Gasteiger partial charge in [0.05, 0.1) is 6.61 Å². The minimum absolute atomic E-state index is 0.0299. The summed E-state index contributed by atoms with van der Waals surface area (Å²) in [4.78, 5) is 13.9. The van der Waals surface area contributed by atoms with Gasteiger partial charge in [-0.15, -0.1) is 0 Å². The quantitative estimate of drug-likeness (QED) is 0.259. The minimum Gasteiger partial charge on any atom is -0.462 e. The lowest BCUT2D eigenvalue weighted by Crippen LogP contribution is -2.05. The molecule has 0 N–H and O–H groups in total. The van der Waals surface area contributed by atoms with Crippen molar-refractivity contribution in [1.82, 2.24) is 0 Å². The van der Waals surface area contributed by atoms with Crippen molar-refractivity contribution in [2.45, 2.75) is 6.92 Å². The summed E-state index contributed by atoms with van der Waals surface area (Å²) in [7, 11) is 0. The zero-order chi connectivity index (χ0) is 11.1. The van der Waals surface area contributed by atoms with E-state index in [1.807, 2.05) is 16.8 Å². The summed E-state index contributed by atoms with van der Waals surface area (Å²) in [5.74, 6) is -0.610. The molecule has 1 aromatic heterocycles. The Kier molecular flexibility index (Phi) is 4.40. The Labute approximate surface area is 90.6 Å². The normalized spacial score (nSPS) is 10.6. The SMILES string of the molecule is CCOC(=O)/C(=C/c1ccsc1)N=[N+]=[N-]. The third-order valence-electron chi connectivity index (χ3n) is 1.48. The van der Waals surface area contributed by atoms with Crippen LogP contribution in [0.25, 0.3) is 16.5 Å². The van der Waals surface area contributed by atoms with Crippen molar-refractivity contribution < 1.29 is 9.53 Å². The van der Waals surface area contributed by atoms with E-state index >= 15 is 0 Å². The maximum absolute atomic E-state index is 11.3. The van der Waals surface area contributed by atoms with Crippen molar-refractivity contribution in [2.75, 3.05) is 6.61 Å². The maximum Gasteiger partial charge on any atom is 0.340 e. The maximum atomic E-state index is 11.3. The summed E-state index contributed by atoms with van der Waals surface area (Å²) >= 11 is 1.49. The smallest absolute Gasteiger partial charge is 0.340 e. The zero-order valence-corrected chi connectivity index (χ0v) is 8.90. The topological polar surface area (TPSA) is 75.1 Å². The lowest BCUT2D eigenvalue weighted by molar-refractivity contribution is -0.138. The van der Waals surface area contributed by atoms with Gasteiger partial charge in [-0.1, -0.05) is 5.11 Å². The molecule has 15 heavy (non-hydrogen) atoms. The van der Waals surface area contributed by atoms with Gasteiger partial charge in [0.15, 0.2) is 0 Å². The van der Waals surface area contributed by atoms with Gasteiger partial charge in [-0.3, -0.25) is 0 Å². The fourth-order valence-electron chi connectivity index (χ4n) is 0.897. The highest BCUT2D eigenvalue weighted by Crippen LogP contribution is 2.13. The van der Waals surface area contributed by atoms with E-state index in [-0.39, 0.29) is 12.3 Å². The predicted molar refractivity (Wildman–Crippen MR) is 58.1 cm³/mol. The van der Waals surface area contributed by atoms with Crippen LogP contribution in [0.15, 0.2) is 27.6 Å². The highest BCUT2D eigenvalue weighted by Gasteiger charge is 2.08. The largest absolute Gasteiger partial charge is 0.462 e. The lowest BCUT2D eigenvalue weighted by Gasteiger charge is -1.99. The van der Waals surface area contributed by atoms with Crippen LogP contribution in [-0.2, 0) is 9.53 Å². The molecule has 0 fully saturated rings. The monoisotopic (exact) mass is 223 g/mol. The van der Waals surface area contributed by atoms with Gasteiger partial charge in [0.1, 0.15) is 5.70 Å². The Morgan fingerprint density at radius 3 is 3.13 bits per heavy atom. The van der Waals surface area contributed by atoms with Gasteiger partial charge in [0.25, 0.3) is 0 Å². The first-order chi connectivity index (χ1) is 7.27. The standard InChI is InChI=1S/C9H9N3O2S/c1-2-14-9(13)8(11-12-10)5-7-3-4-15-6-7/h3-6H,2H2,1H3/b8-5-. The average molecular weight is 223 g/mol. The number of rotatable bonds is 4. The Morgan fingerprint density at radius 1 is 1.80 bits per heavy atom. The molecule has 0 atom stereocenters. The number of hydrogen-bond donors (Lipinski definition) is 0. The molecule has 0 unspecified atom stereocenters. The van der Waals surface area contributed by atoms with Crippen molar-refractivity contribution >= 4 is 23.4 Å². The third kappa shape index (κ3) is 3.46. The number of carbonyl (C=O) groups excluding carboxylic acids is 1. The molecule has 0 spiro atoms. The van der Waals surface area contributed by atoms with Crippen molar-refractivity contribution in [2.24, 2.45) is 5.11 Å². The first-order valence-electron chi connectivity index (χ1n) is 4.24. The van der Waals surface area contributed by atoms with Crippen LogP contribution in [0.4, 0.5) is 0 Å². The molecule has 1 aromatic rings. The van der Waals surface area contributed by atoms with Gasteiger partial charge in [-0.2, -0.15) is 11.3 Å². The van der Waals surface area contributed by atoms with Crippen LogP contribution >= 0.6 is 11.3 Å². The number of esters is 1. The van der Waals surface area contributed by atoms with Crippen molar-refractivity contribution in [3.05, 3.63) is 38.5 Å². The zero-order valence-electron chi connectivity index (χ0n) is 8.08. The minimum atomic E-state index is -0.610. The number of nitrogens with zero attached hydrogens (tertiary/aromatic N) is 3. The van der Waals surface area contributed by atoms with Crippen LogP contribution in [0.5, 0.6) is 0 Å². The van der Waals surface area contributed by atoms with E-state index in [9.17, 15) is 4.79 Å². The predicted octanol–water partition coefficient (Wildman–Crippen LogP) is 2.96. The molecule has 6 heteroatoms. The molecule has 0 aliphatic rings. The summed E-state index contributed by atoms with van der Waals surface area (Å²) < 4.78 is 4.74. The van der Waals surface area contributed by atoms with Crippen molar-refractivity contribution in [1.29, 1.82) is 0 Å². The highest BCUT2D eigenvalue weighted by molar-refractivity contribution is 7.08. The fraction of sp³-hybridized carbons (Fsp3) is 0.222. The summed E-state index contributed by atoms with van der Waals surface area (Å²) in [6.07, 6.45) is 1.49. The van der Waals surface area contributed by atoms with Gasteiger partial charge >= 0.3 is 5.97 Å². The van der Waals surface area contributed by atoms with E-state index in [1.165, 1.54) is 17.4 Å². The molecule has 0 radical (unpaired) electrons. The Morgan fingerprint density at radius 2 is 2.60 bits per heavy atom. The third-order valence-corrected chi connectivity index (χ3v) is 2.19. The van der Waals surface area contributed by atoms with Crippen LogP contribution < -0.4 is 0 Å². The van der Waals surface area contributed by atoms with Crippen LogP contribution in [0.1, 0.15) is 12.5 Å². The molecule has 0 bridgehead atoms. The molecule has 0 saturated heterocycles. The average Bonchev–Trinajstić information content (AvgIpc) is 2.70. The number of thiophene rings is 1. The molecule has 0 saturated carbocycles. The molecule has 5 nitrogen and oxygen atoms in total. The summed E-state index contributed by atoms with van der Waals surface area (Å²) in [5, 5.41) is 6.99. The summed E-state index contributed by atoms with van der Waals surface area (Å²) in [6, 6.07) is 1.82. The van der Waals surface area contributed by atoms with E-state index in [2.05, 4.69) is 10.0 Å². The van der Waals surface area contributed by atoms with E-state index in [0.717, 1.165) is 5.56 Å². The second-order valence-corrected chi connectivity index (χ2v) is 3.28. The molecule has 0 aliphatic carbocycles. The van der Waals surface area contributed by atoms with Crippen LogP contribution in [0, 0.1) is 0 Å².